The number of nitrogens with zero attached hydrogens (tertiary/aromatic N) is 1. The van der Waals surface area contributed by atoms with Crippen molar-refractivity contribution in [3.63, 3.8) is 0 Å². The van der Waals surface area contributed by atoms with Gasteiger partial charge >= 0.3 is 0 Å². The lowest BCUT2D eigenvalue weighted by Gasteiger charge is -2.06. The van der Waals surface area contributed by atoms with Gasteiger partial charge in [-0.3, -0.25) is 4.79 Å². The number of pyridine rings is 1. The van der Waals surface area contributed by atoms with Crippen molar-refractivity contribution >= 4 is 28.2 Å². The second-order valence-corrected chi connectivity index (χ2v) is 2.82. The van der Waals surface area contributed by atoms with Gasteiger partial charge in [-0.2, -0.15) is 0 Å². The lowest BCUT2D eigenvalue weighted by atomic mass is 10.2. The first-order chi connectivity index (χ1) is 6.43. The van der Waals surface area contributed by atoms with Gasteiger partial charge in [0.2, 0.25) is 0 Å². The van der Waals surface area contributed by atoms with Crippen LogP contribution in [-0.4, -0.2) is 10.2 Å². The van der Waals surface area contributed by atoms with Crippen molar-refractivity contribution < 1.29 is 13.6 Å². The smallest absolute Gasteiger partial charge is 0.280 e. The van der Waals surface area contributed by atoms with E-state index in [9.17, 15) is 13.6 Å². The van der Waals surface area contributed by atoms with E-state index in [1.54, 1.807) is 0 Å². The minimum absolute atomic E-state index is 0.140. The molecule has 76 valence electrons. The summed E-state index contributed by atoms with van der Waals surface area (Å²) in [6.45, 7) is 0. The van der Waals surface area contributed by atoms with Crippen molar-refractivity contribution in [1.82, 2.24) is 4.98 Å². The van der Waals surface area contributed by atoms with Crippen LogP contribution in [0, 0.1) is 0 Å². The third-order valence-corrected chi connectivity index (χ3v) is 1.70. The third-order valence-electron chi connectivity index (χ3n) is 1.52. The van der Waals surface area contributed by atoms with E-state index >= 15 is 0 Å². The molecule has 1 heterocycles. The Kier molecular flexibility index (Phi) is 2.85. The van der Waals surface area contributed by atoms with Crippen LogP contribution >= 0.6 is 11.6 Å². The Balaban J connectivity index is 3.35. The minimum atomic E-state index is -2.83. The zero-order chi connectivity index (χ0) is 10.9. The number of hydrogen-bond acceptors (Lipinski definition) is 4. The molecule has 0 fully saturated rings. The number of carbonyl (C=O) groups excluding carboxylic acids is 1. The molecule has 0 aromatic carbocycles. The summed E-state index contributed by atoms with van der Waals surface area (Å²) in [5, 5.41) is -1.02. The van der Waals surface area contributed by atoms with Crippen LogP contribution in [0.2, 0.25) is 0 Å². The highest BCUT2D eigenvalue weighted by atomic mass is 35.5. The number of nitrogens with two attached hydrogens (primary N) is 2. The molecule has 0 amide bonds. The standard InChI is InChI=1S/C7H6ClF2N3O/c8-6(14)5-4(12)2(11)1-3(13-5)7(9)10/h1,7H,12H2,(H2,11,13). The predicted molar refractivity (Wildman–Crippen MR) is 48.2 cm³/mol. The Morgan fingerprint density at radius 1 is 1.50 bits per heavy atom. The molecule has 7 heteroatoms. The highest BCUT2D eigenvalue weighted by molar-refractivity contribution is 6.68. The van der Waals surface area contributed by atoms with Gasteiger partial charge in [-0.05, 0) is 17.7 Å². The number of aromatic nitrogens is 1. The number of nitrogen functional groups attached to an aromatic ring is 2. The Morgan fingerprint density at radius 2 is 2.07 bits per heavy atom. The molecule has 4 N–H and O–H groups in total. The Hall–Kier alpha value is -1.43. The summed E-state index contributed by atoms with van der Waals surface area (Å²) in [6, 6.07) is 0.906. The van der Waals surface area contributed by atoms with Gasteiger partial charge < -0.3 is 11.5 Å². The Morgan fingerprint density at radius 3 is 2.50 bits per heavy atom. The molecular formula is C7H6ClF2N3O. The summed E-state index contributed by atoms with van der Waals surface area (Å²) in [7, 11) is 0. The van der Waals surface area contributed by atoms with Crippen molar-refractivity contribution in [3.05, 3.63) is 17.5 Å². The fourth-order valence-electron chi connectivity index (χ4n) is 0.857. The molecule has 4 nitrogen and oxygen atoms in total. The van der Waals surface area contributed by atoms with E-state index in [1.807, 2.05) is 0 Å². The predicted octanol–water partition coefficient (Wildman–Crippen LogP) is 1.56. The van der Waals surface area contributed by atoms with E-state index in [4.69, 9.17) is 23.1 Å². The molecule has 0 unspecified atom stereocenters. The molecule has 14 heavy (non-hydrogen) atoms. The Bertz CT molecular complexity index is 383. The molecule has 0 spiro atoms. The van der Waals surface area contributed by atoms with Gasteiger partial charge in [-0.1, -0.05) is 0 Å². The summed E-state index contributed by atoms with van der Waals surface area (Å²) < 4.78 is 24.4. The largest absolute Gasteiger partial charge is 0.397 e. The summed E-state index contributed by atoms with van der Waals surface area (Å²) in [6.07, 6.45) is -2.83. The fourth-order valence-corrected chi connectivity index (χ4v) is 1.00. The van der Waals surface area contributed by atoms with E-state index in [0.717, 1.165) is 6.07 Å². The van der Waals surface area contributed by atoms with E-state index < -0.39 is 23.1 Å². The van der Waals surface area contributed by atoms with Gasteiger partial charge in [-0.25, -0.2) is 13.8 Å². The van der Waals surface area contributed by atoms with Crippen molar-refractivity contribution in [2.24, 2.45) is 0 Å². The van der Waals surface area contributed by atoms with Crippen LogP contribution in [0.3, 0.4) is 0 Å². The van der Waals surface area contributed by atoms with E-state index in [-0.39, 0.29) is 11.4 Å². The zero-order valence-electron chi connectivity index (χ0n) is 6.80. The molecule has 0 radical (unpaired) electrons. The van der Waals surface area contributed by atoms with Crippen molar-refractivity contribution in [3.8, 4) is 0 Å². The van der Waals surface area contributed by atoms with Crippen LogP contribution in [0.15, 0.2) is 6.07 Å². The van der Waals surface area contributed by atoms with Gasteiger partial charge in [0, 0.05) is 0 Å². The molecule has 0 aliphatic heterocycles. The maximum atomic E-state index is 12.2. The second-order valence-electron chi connectivity index (χ2n) is 2.47. The molecule has 0 atom stereocenters. The average molecular weight is 222 g/mol. The normalized spacial score (nSPS) is 10.6. The molecule has 0 bridgehead atoms. The number of anilines is 2. The number of alkyl halides is 2. The maximum absolute atomic E-state index is 12.2. The van der Waals surface area contributed by atoms with Crippen LogP contribution < -0.4 is 11.5 Å². The molecule has 1 aromatic heterocycles. The van der Waals surface area contributed by atoms with Gasteiger partial charge in [-0.15, -0.1) is 0 Å². The van der Waals surface area contributed by atoms with Gasteiger partial charge in [0.15, 0.2) is 0 Å². The summed E-state index contributed by atoms with van der Waals surface area (Å²) in [5.74, 6) is 0. The fraction of sp³-hybridized carbons (Fsp3) is 0.143. The summed E-state index contributed by atoms with van der Waals surface area (Å²) in [5.41, 5.74) is 9.21. The number of carbonyl (C=O) groups is 1. The first-order valence-electron chi connectivity index (χ1n) is 3.47. The summed E-state index contributed by atoms with van der Waals surface area (Å²) >= 11 is 5.08. The Labute approximate surface area is 82.9 Å². The minimum Gasteiger partial charge on any atom is -0.397 e. The SMILES string of the molecule is Nc1cc(C(F)F)nc(C(=O)Cl)c1N. The zero-order valence-corrected chi connectivity index (χ0v) is 7.55. The topological polar surface area (TPSA) is 82.0 Å². The second kappa shape index (κ2) is 3.75. The number of hydrogen-bond donors (Lipinski definition) is 2. The van der Waals surface area contributed by atoms with Crippen LogP contribution in [0.4, 0.5) is 20.2 Å². The lowest BCUT2D eigenvalue weighted by Crippen LogP contribution is -2.08. The highest BCUT2D eigenvalue weighted by Crippen LogP contribution is 2.26. The van der Waals surface area contributed by atoms with Gasteiger partial charge in [0.1, 0.15) is 11.4 Å². The molecule has 1 aromatic rings. The monoisotopic (exact) mass is 221 g/mol. The quantitative estimate of drug-likeness (QED) is 0.743. The molecule has 1 rings (SSSR count). The van der Waals surface area contributed by atoms with E-state index in [2.05, 4.69) is 4.98 Å². The first-order valence-corrected chi connectivity index (χ1v) is 3.85. The van der Waals surface area contributed by atoms with Crippen LogP contribution in [0.1, 0.15) is 22.6 Å². The molecule has 0 saturated heterocycles. The lowest BCUT2D eigenvalue weighted by molar-refractivity contribution is 0.107. The molecule has 0 saturated carbocycles. The van der Waals surface area contributed by atoms with E-state index in [1.165, 1.54) is 0 Å². The molecular weight excluding hydrogens is 216 g/mol. The third kappa shape index (κ3) is 1.90. The van der Waals surface area contributed by atoms with Crippen molar-refractivity contribution in [1.29, 1.82) is 0 Å². The molecule has 0 aliphatic carbocycles. The average Bonchev–Trinajstić information content (AvgIpc) is 2.08. The van der Waals surface area contributed by atoms with Gasteiger partial charge in [0.25, 0.3) is 11.7 Å². The maximum Gasteiger partial charge on any atom is 0.280 e. The highest BCUT2D eigenvalue weighted by Gasteiger charge is 2.17. The van der Waals surface area contributed by atoms with Crippen molar-refractivity contribution in [2.45, 2.75) is 6.43 Å². The number of halogens is 3. The van der Waals surface area contributed by atoms with Crippen LogP contribution in [0.25, 0.3) is 0 Å². The number of rotatable bonds is 2. The van der Waals surface area contributed by atoms with E-state index in [0.29, 0.717) is 0 Å². The molecule has 0 aliphatic rings. The van der Waals surface area contributed by atoms with Gasteiger partial charge in [0.05, 0.1) is 11.4 Å². The van der Waals surface area contributed by atoms with Crippen LogP contribution in [0.5, 0.6) is 0 Å². The first kappa shape index (κ1) is 10.6. The van der Waals surface area contributed by atoms with Crippen molar-refractivity contribution in [2.75, 3.05) is 11.5 Å². The van der Waals surface area contributed by atoms with Crippen LogP contribution in [-0.2, 0) is 0 Å². The summed E-state index contributed by atoms with van der Waals surface area (Å²) in [4.78, 5) is 14.0.